The number of hydrogen-bond acceptors (Lipinski definition) is 2. The molecule has 0 saturated heterocycles. The first-order valence-electron chi connectivity index (χ1n) is 7.42. The van der Waals surface area contributed by atoms with Gasteiger partial charge in [0.25, 0.3) is 0 Å². The molecule has 0 fully saturated rings. The molecule has 5 nitrogen and oxygen atoms in total. The summed E-state index contributed by atoms with van der Waals surface area (Å²) in [7, 11) is 0. The van der Waals surface area contributed by atoms with E-state index < -0.39 is 24.2 Å². The summed E-state index contributed by atoms with van der Waals surface area (Å²) in [4.78, 5) is 23.9. The number of amides is 2. The maximum atomic E-state index is 12.3. The molecule has 1 aromatic carbocycles. The van der Waals surface area contributed by atoms with E-state index in [4.69, 9.17) is 0 Å². The minimum atomic E-state index is -4.95. The highest BCUT2D eigenvalue weighted by Gasteiger charge is 2.40. The first-order valence-corrected chi connectivity index (χ1v) is 7.42. The van der Waals surface area contributed by atoms with E-state index in [-0.39, 0.29) is 17.6 Å². The number of carbonyl (C=O) groups is 2. The van der Waals surface area contributed by atoms with Crippen LogP contribution in [0.5, 0.6) is 0 Å². The number of carboxylic acid groups (broad SMARTS) is 1. The zero-order chi connectivity index (χ0) is 18.3. The molecule has 132 valence electrons. The number of halogens is 3. The highest BCUT2D eigenvalue weighted by atomic mass is 19.4. The summed E-state index contributed by atoms with van der Waals surface area (Å²) in [5, 5.41) is 11.2. The van der Waals surface area contributed by atoms with Crippen LogP contribution in [0.4, 0.5) is 23.7 Å². The van der Waals surface area contributed by atoms with Crippen molar-refractivity contribution < 1.29 is 27.9 Å². The SMILES string of the molecule is CC(C)(C)C1c2ccc(NC(=O)C(F)(F)F)cc2CCN1C(=O)O. The average Bonchev–Trinajstić information content (AvgIpc) is 2.43. The number of hydrogen-bond donors (Lipinski definition) is 2. The summed E-state index contributed by atoms with van der Waals surface area (Å²) in [6.45, 7) is 5.97. The number of carbonyl (C=O) groups excluding carboxylic acids is 1. The molecule has 1 aliphatic rings. The Labute approximate surface area is 137 Å². The van der Waals surface area contributed by atoms with Crippen molar-refractivity contribution in [2.24, 2.45) is 5.41 Å². The van der Waals surface area contributed by atoms with Gasteiger partial charge in [-0.15, -0.1) is 0 Å². The molecule has 0 radical (unpaired) electrons. The van der Waals surface area contributed by atoms with Crippen LogP contribution in [-0.2, 0) is 11.2 Å². The van der Waals surface area contributed by atoms with Gasteiger partial charge in [-0.25, -0.2) is 4.79 Å². The molecule has 0 saturated carbocycles. The van der Waals surface area contributed by atoms with Crippen molar-refractivity contribution >= 4 is 17.7 Å². The lowest BCUT2D eigenvalue weighted by Crippen LogP contribution is -2.44. The van der Waals surface area contributed by atoms with Crippen LogP contribution in [0.3, 0.4) is 0 Å². The standard InChI is InChI=1S/C16H19F3N2O3/c1-15(2,3)12-11-5-4-10(20-13(22)16(17,18)19)8-9(11)6-7-21(12)14(23)24/h4-5,8,12H,6-7H2,1-3H3,(H,20,22)(H,23,24). The van der Waals surface area contributed by atoms with Gasteiger partial charge in [0.2, 0.25) is 0 Å². The van der Waals surface area contributed by atoms with Crippen molar-refractivity contribution in [1.29, 1.82) is 0 Å². The zero-order valence-corrected chi connectivity index (χ0v) is 13.6. The number of nitrogens with one attached hydrogen (secondary N) is 1. The van der Waals surface area contributed by atoms with Gasteiger partial charge in [-0.1, -0.05) is 26.8 Å². The molecule has 1 heterocycles. The number of fused-ring (bicyclic) bond motifs is 1. The number of alkyl halides is 3. The second kappa shape index (κ2) is 5.99. The van der Waals surface area contributed by atoms with Gasteiger partial charge in [-0.2, -0.15) is 13.2 Å². The Morgan fingerprint density at radius 3 is 2.38 bits per heavy atom. The molecule has 1 aliphatic heterocycles. The Morgan fingerprint density at radius 2 is 1.88 bits per heavy atom. The average molecular weight is 344 g/mol. The number of benzene rings is 1. The molecule has 1 atom stereocenters. The largest absolute Gasteiger partial charge is 0.471 e. The predicted molar refractivity (Wildman–Crippen MR) is 81.8 cm³/mol. The molecule has 0 spiro atoms. The fraction of sp³-hybridized carbons (Fsp3) is 0.500. The van der Waals surface area contributed by atoms with E-state index in [0.717, 1.165) is 11.1 Å². The summed E-state index contributed by atoms with van der Waals surface area (Å²) in [5.74, 6) is -2.03. The number of anilines is 1. The van der Waals surface area contributed by atoms with Gasteiger partial charge in [-0.05, 0) is 35.1 Å². The van der Waals surface area contributed by atoms with Gasteiger partial charge in [-0.3, -0.25) is 4.79 Å². The highest BCUT2D eigenvalue weighted by molar-refractivity contribution is 5.95. The molecule has 2 rings (SSSR count). The second-order valence-electron chi connectivity index (χ2n) is 6.86. The molecule has 1 aromatic rings. The lowest BCUT2D eigenvalue weighted by molar-refractivity contribution is -0.167. The van der Waals surface area contributed by atoms with Crippen LogP contribution in [0.25, 0.3) is 0 Å². The molecule has 0 aliphatic carbocycles. The molecular weight excluding hydrogens is 325 g/mol. The quantitative estimate of drug-likeness (QED) is 0.814. The first-order chi connectivity index (χ1) is 10.9. The van der Waals surface area contributed by atoms with Crippen molar-refractivity contribution in [2.75, 3.05) is 11.9 Å². The Hall–Kier alpha value is -2.25. The van der Waals surface area contributed by atoms with Crippen LogP contribution in [0.15, 0.2) is 18.2 Å². The Balaban J connectivity index is 2.37. The van der Waals surface area contributed by atoms with Crippen LogP contribution in [-0.4, -0.2) is 34.7 Å². The van der Waals surface area contributed by atoms with Crippen molar-refractivity contribution in [3.05, 3.63) is 29.3 Å². The van der Waals surface area contributed by atoms with Crippen LogP contribution in [0.1, 0.15) is 37.9 Å². The smallest absolute Gasteiger partial charge is 0.465 e. The maximum absolute atomic E-state index is 12.3. The fourth-order valence-electron chi connectivity index (χ4n) is 3.05. The van der Waals surface area contributed by atoms with Crippen LogP contribution < -0.4 is 5.32 Å². The third-order valence-corrected chi connectivity index (χ3v) is 3.95. The molecule has 2 amide bonds. The lowest BCUT2D eigenvalue weighted by atomic mass is 9.77. The minimum Gasteiger partial charge on any atom is -0.465 e. The van der Waals surface area contributed by atoms with Crippen molar-refractivity contribution in [3.63, 3.8) is 0 Å². The maximum Gasteiger partial charge on any atom is 0.471 e. The molecule has 24 heavy (non-hydrogen) atoms. The third kappa shape index (κ3) is 3.63. The number of nitrogens with zero attached hydrogens (tertiary/aromatic N) is 1. The first kappa shape index (κ1) is 18.1. The molecule has 0 aromatic heterocycles. The van der Waals surface area contributed by atoms with Gasteiger partial charge >= 0.3 is 18.2 Å². The topological polar surface area (TPSA) is 69.6 Å². The van der Waals surface area contributed by atoms with Gasteiger partial charge in [0.1, 0.15) is 0 Å². The second-order valence-corrected chi connectivity index (χ2v) is 6.86. The van der Waals surface area contributed by atoms with Crippen LogP contribution >= 0.6 is 0 Å². The molecule has 8 heteroatoms. The van der Waals surface area contributed by atoms with Crippen LogP contribution in [0, 0.1) is 5.41 Å². The Morgan fingerprint density at radius 1 is 1.25 bits per heavy atom. The summed E-state index contributed by atoms with van der Waals surface area (Å²) in [6, 6.07) is 4.03. The molecule has 2 N–H and O–H groups in total. The fourth-order valence-corrected chi connectivity index (χ4v) is 3.05. The molecular formula is C16H19F3N2O3. The van der Waals surface area contributed by atoms with Gasteiger partial charge in [0, 0.05) is 12.2 Å². The number of rotatable bonds is 1. The van der Waals surface area contributed by atoms with Crippen molar-refractivity contribution in [2.45, 2.75) is 39.4 Å². The summed E-state index contributed by atoms with van der Waals surface area (Å²) in [6.07, 6.45) is -5.61. The minimum absolute atomic E-state index is 0.0486. The van der Waals surface area contributed by atoms with Crippen LogP contribution in [0.2, 0.25) is 0 Å². The lowest BCUT2D eigenvalue weighted by Gasteiger charge is -2.43. The monoisotopic (exact) mass is 344 g/mol. The van der Waals surface area contributed by atoms with Gasteiger partial charge in [0.05, 0.1) is 6.04 Å². The van der Waals surface area contributed by atoms with Gasteiger partial charge in [0.15, 0.2) is 0 Å². The van der Waals surface area contributed by atoms with E-state index in [0.29, 0.717) is 6.42 Å². The predicted octanol–water partition coefficient (Wildman–Crippen LogP) is 3.81. The summed E-state index contributed by atoms with van der Waals surface area (Å²) >= 11 is 0. The van der Waals surface area contributed by atoms with E-state index in [1.165, 1.54) is 17.0 Å². The van der Waals surface area contributed by atoms with E-state index in [1.54, 1.807) is 6.07 Å². The Bertz CT molecular complexity index is 666. The normalized spacial score (nSPS) is 18.1. The van der Waals surface area contributed by atoms with Crippen molar-refractivity contribution in [1.82, 2.24) is 4.90 Å². The van der Waals surface area contributed by atoms with E-state index in [1.807, 2.05) is 26.1 Å². The highest BCUT2D eigenvalue weighted by Crippen LogP contribution is 2.42. The molecule has 0 bridgehead atoms. The molecule has 1 unspecified atom stereocenters. The summed E-state index contributed by atoms with van der Waals surface area (Å²) < 4.78 is 37.0. The van der Waals surface area contributed by atoms with E-state index in [2.05, 4.69) is 0 Å². The van der Waals surface area contributed by atoms with Gasteiger partial charge < -0.3 is 15.3 Å². The Kier molecular flexibility index (Phi) is 4.52. The van der Waals surface area contributed by atoms with Crippen molar-refractivity contribution in [3.8, 4) is 0 Å². The summed E-state index contributed by atoms with van der Waals surface area (Å²) in [5.41, 5.74) is 1.16. The van der Waals surface area contributed by atoms with E-state index >= 15 is 0 Å². The third-order valence-electron chi connectivity index (χ3n) is 3.95. The zero-order valence-electron chi connectivity index (χ0n) is 13.6. The van der Waals surface area contributed by atoms with E-state index in [9.17, 15) is 27.9 Å².